The smallest absolute Gasteiger partial charge is 0.313 e. The highest BCUT2D eigenvalue weighted by Crippen LogP contribution is 2.59. The monoisotopic (exact) mass is 742 g/mol. The van der Waals surface area contributed by atoms with Gasteiger partial charge in [0.2, 0.25) is 17.7 Å². The molecule has 0 saturated carbocycles. The third kappa shape index (κ3) is 6.97. The maximum absolute atomic E-state index is 15.0. The van der Waals surface area contributed by atoms with Crippen LogP contribution in [0.5, 0.6) is 0 Å². The molecule has 0 radical (unpaired) electrons. The minimum atomic E-state index is -1.45. The number of fused-ring (bicyclic) bond motifs is 2. The summed E-state index contributed by atoms with van der Waals surface area (Å²) < 4.78 is 18.9. The predicted molar refractivity (Wildman–Crippen MR) is 183 cm³/mol. The summed E-state index contributed by atoms with van der Waals surface area (Å²) in [5.74, 6) is -3.80. The van der Waals surface area contributed by atoms with Crippen LogP contribution in [-0.4, -0.2) is 126 Å². The Kier molecular flexibility index (Phi) is 11.2. The molecule has 1 spiro atoms. The number of cyclic esters (lactones) is 1. The van der Waals surface area contributed by atoms with Crippen LogP contribution in [0.3, 0.4) is 0 Å². The Morgan fingerprint density at radius 3 is 2.53 bits per heavy atom. The molecular formula is C36H47BrN4O8. The van der Waals surface area contributed by atoms with E-state index in [4.69, 9.17) is 14.2 Å². The number of nitrogens with zero attached hydrogens (tertiary/aromatic N) is 3. The Morgan fingerprint density at radius 2 is 1.82 bits per heavy atom. The largest absolute Gasteiger partial charge is 0.455 e. The molecule has 1 aromatic rings. The third-order valence-corrected chi connectivity index (χ3v) is 11.4. The van der Waals surface area contributed by atoms with Crippen LogP contribution in [0.1, 0.15) is 44.8 Å². The van der Waals surface area contributed by atoms with Gasteiger partial charge in [-0.15, -0.1) is 0 Å². The number of hydrogen-bond acceptors (Lipinski definition) is 9. The summed E-state index contributed by atoms with van der Waals surface area (Å²) in [4.78, 5) is 62.4. The molecule has 12 nitrogen and oxygen atoms in total. The fourth-order valence-electron chi connectivity index (χ4n) is 7.87. The van der Waals surface area contributed by atoms with E-state index in [9.17, 15) is 19.5 Å². The molecular weight excluding hydrogens is 696 g/mol. The van der Waals surface area contributed by atoms with Gasteiger partial charge in [0.1, 0.15) is 29.8 Å². The average molecular weight is 744 g/mol. The lowest BCUT2D eigenvalue weighted by Crippen LogP contribution is -2.60. The Hall–Kier alpha value is -3.10. The number of nitrogens with one attached hydrogen (secondary N) is 1. The van der Waals surface area contributed by atoms with Crippen molar-refractivity contribution in [3.63, 3.8) is 0 Å². The first-order valence-corrected chi connectivity index (χ1v) is 18.2. The molecule has 5 aliphatic rings. The lowest BCUT2D eigenvalue weighted by Gasteiger charge is -2.40. The molecule has 266 valence electrons. The van der Waals surface area contributed by atoms with Crippen molar-refractivity contribution in [2.24, 2.45) is 17.8 Å². The zero-order valence-electron chi connectivity index (χ0n) is 28.2. The normalized spacial score (nSPS) is 33.1. The van der Waals surface area contributed by atoms with Crippen LogP contribution in [0.15, 0.2) is 53.0 Å². The quantitative estimate of drug-likeness (QED) is 0.303. The first-order chi connectivity index (χ1) is 23.7. The van der Waals surface area contributed by atoms with Crippen molar-refractivity contribution < 1.29 is 38.5 Å². The summed E-state index contributed by atoms with van der Waals surface area (Å²) in [5.41, 5.74) is -0.754. The molecule has 1 aromatic carbocycles. The highest BCUT2D eigenvalue weighted by atomic mass is 79.9. The highest BCUT2D eigenvalue weighted by Gasteiger charge is 2.75. The molecule has 0 unspecified atom stereocenters. The lowest BCUT2D eigenvalue weighted by atomic mass is 9.74. The second-order valence-corrected chi connectivity index (χ2v) is 14.5. The van der Waals surface area contributed by atoms with Gasteiger partial charge in [0.25, 0.3) is 0 Å². The number of morpholine rings is 1. The number of allylic oxidation sites excluding steroid dienone is 1. The van der Waals surface area contributed by atoms with E-state index >= 15 is 4.79 Å². The number of hydrogen-bond donors (Lipinski definition) is 2. The van der Waals surface area contributed by atoms with Crippen LogP contribution in [0, 0.1) is 17.8 Å². The van der Waals surface area contributed by atoms with Crippen molar-refractivity contribution in [3.05, 3.63) is 58.6 Å². The fraction of sp³-hybridized carbons (Fsp3) is 0.611. The number of ether oxygens (including phenoxy) is 3. The maximum Gasteiger partial charge on any atom is 0.313 e. The van der Waals surface area contributed by atoms with E-state index in [1.54, 1.807) is 11.0 Å². The number of esters is 1. The van der Waals surface area contributed by atoms with Crippen molar-refractivity contribution >= 4 is 39.6 Å². The Labute approximate surface area is 295 Å². The van der Waals surface area contributed by atoms with Gasteiger partial charge in [-0.2, -0.15) is 0 Å². The minimum Gasteiger partial charge on any atom is -0.455 e. The zero-order valence-corrected chi connectivity index (χ0v) is 29.8. The topological polar surface area (TPSA) is 138 Å². The molecule has 3 fully saturated rings. The van der Waals surface area contributed by atoms with E-state index in [0.29, 0.717) is 49.2 Å². The Balaban J connectivity index is 1.42. The van der Waals surface area contributed by atoms with E-state index in [1.165, 1.54) is 4.90 Å². The Bertz CT molecular complexity index is 1450. The van der Waals surface area contributed by atoms with Gasteiger partial charge in [0, 0.05) is 43.6 Å². The fourth-order valence-corrected chi connectivity index (χ4v) is 8.61. The number of aliphatic hydroxyl groups is 1. The van der Waals surface area contributed by atoms with Gasteiger partial charge in [-0.1, -0.05) is 78.7 Å². The summed E-state index contributed by atoms with van der Waals surface area (Å²) in [7, 11) is 0. The van der Waals surface area contributed by atoms with E-state index < -0.39 is 53.6 Å². The summed E-state index contributed by atoms with van der Waals surface area (Å²) in [6, 6.07) is 7.37. The highest BCUT2D eigenvalue weighted by molar-refractivity contribution is 9.11. The number of aliphatic hydroxyl groups excluding tert-OH is 1. The molecule has 6 rings (SSSR count). The van der Waals surface area contributed by atoms with Crippen LogP contribution < -0.4 is 5.32 Å². The third-order valence-electron chi connectivity index (χ3n) is 10.8. The molecule has 49 heavy (non-hydrogen) atoms. The predicted octanol–water partition coefficient (Wildman–Crippen LogP) is 2.18. The van der Waals surface area contributed by atoms with Crippen LogP contribution >= 0.6 is 15.9 Å². The van der Waals surface area contributed by atoms with Gasteiger partial charge in [-0.25, -0.2) is 0 Å². The van der Waals surface area contributed by atoms with Crippen molar-refractivity contribution in [2.75, 3.05) is 59.1 Å². The number of likely N-dealkylation sites (tertiary alicyclic amines) is 1. The molecule has 0 aromatic heterocycles. The zero-order chi connectivity index (χ0) is 34.7. The first kappa shape index (κ1) is 35.7. The SMILES string of the molecule is CC[C@H](C)[C@H](CO)N1C(=O)[C@@H]2[C@H]3C(=O)O[C@@H](c4ccccc4)CNC(=O)CC/C=C\CN(CCN4CCOCC4)C(=O)[C@@H]1[C@]21C=C(Br)[C@H]3O1. The number of halogens is 1. The molecule has 3 saturated heterocycles. The van der Waals surface area contributed by atoms with Gasteiger partial charge >= 0.3 is 5.97 Å². The van der Waals surface area contributed by atoms with Gasteiger partial charge in [0.05, 0.1) is 38.3 Å². The summed E-state index contributed by atoms with van der Waals surface area (Å²) >= 11 is 3.62. The molecule has 8 atom stereocenters. The average Bonchev–Trinajstić information content (AvgIpc) is 3.71. The van der Waals surface area contributed by atoms with E-state index in [1.807, 2.05) is 56.3 Å². The number of benzene rings is 1. The van der Waals surface area contributed by atoms with Gasteiger partial charge in [-0.05, 0) is 24.0 Å². The van der Waals surface area contributed by atoms with Gasteiger partial charge < -0.3 is 34.4 Å². The number of amides is 3. The minimum absolute atomic E-state index is 0.0560. The molecule has 2 N–H and O–H groups in total. The molecule has 5 aliphatic heterocycles. The number of rotatable bonds is 8. The van der Waals surface area contributed by atoms with E-state index in [-0.39, 0.29) is 43.8 Å². The standard InChI is InChI=1S/C36H47BrN4O8/c1-3-23(2)26(22-42)41-32-34(45)40(15-14-39-16-18-47-19-17-39)13-9-5-8-12-28(43)38-21-27(24-10-6-4-7-11-24)48-35(46)29-30(33(41)44)36(32)20-25(37)31(29)49-36/h4-7,9-11,20,23,26-27,29-32,42H,3,8,12-19,21-22H2,1-2H3,(H,38,43)/b9-5-/t23-,26-,27+,29+,30-,31+,32+,36-/m0/s1. The summed E-state index contributed by atoms with van der Waals surface area (Å²) in [6.07, 6.45) is 5.27. The Morgan fingerprint density at radius 1 is 1.06 bits per heavy atom. The summed E-state index contributed by atoms with van der Waals surface area (Å²) in [5, 5.41) is 13.6. The lowest BCUT2D eigenvalue weighted by molar-refractivity contribution is -0.161. The maximum atomic E-state index is 15.0. The van der Waals surface area contributed by atoms with E-state index in [0.717, 1.165) is 13.1 Å². The molecule has 3 amide bonds. The second kappa shape index (κ2) is 15.4. The van der Waals surface area contributed by atoms with Crippen LogP contribution in [0.2, 0.25) is 0 Å². The van der Waals surface area contributed by atoms with Crippen molar-refractivity contribution in [1.29, 1.82) is 0 Å². The van der Waals surface area contributed by atoms with Crippen LogP contribution in [0.4, 0.5) is 0 Å². The molecule has 5 heterocycles. The van der Waals surface area contributed by atoms with E-state index in [2.05, 4.69) is 26.1 Å². The van der Waals surface area contributed by atoms with Crippen LogP contribution in [-0.2, 0) is 33.4 Å². The molecule has 5 bridgehead atoms. The van der Waals surface area contributed by atoms with Gasteiger partial charge in [0.15, 0.2) is 0 Å². The van der Waals surface area contributed by atoms with Crippen molar-refractivity contribution in [2.45, 2.75) is 63.0 Å². The van der Waals surface area contributed by atoms with Crippen molar-refractivity contribution in [3.8, 4) is 0 Å². The molecule has 0 aliphatic carbocycles. The second-order valence-electron chi connectivity index (χ2n) is 13.6. The van der Waals surface area contributed by atoms with Crippen molar-refractivity contribution in [1.82, 2.24) is 20.0 Å². The van der Waals surface area contributed by atoms with Gasteiger partial charge in [-0.3, -0.25) is 24.1 Å². The first-order valence-electron chi connectivity index (χ1n) is 17.4. The number of carbonyl (C=O) groups is 4. The van der Waals surface area contributed by atoms with Crippen LogP contribution in [0.25, 0.3) is 0 Å². The molecule has 13 heteroatoms. The number of carbonyl (C=O) groups excluding carboxylic acids is 4. The summed E-state index contributed by atoms with van der Waals surface area (Å²) in [6.45, 7) is 7.63.